The number of nitrogens with zero attached hydrogens (tertiary/aromatic N) is 1. The molecule has 2 bridgehead atoms. The van der Waals surface area contributed by atoms with E-state index in [2.05, 4.69) is 29.4 Å². The van der Waals surface area contributed by atoms with Gasteiger partial charge in [-0.3, -0.25) is 4.99 Å². The molecule has 0 aliphatic heterocycles. The Bertz CT molecular complexity index is 770. The van der Waals surface area contributed by atoms with Gasteiger partial charge >= 0.3 is 0 Å². The van der Waals surface area contributed by atoms with Gasteiger partial charge in [0.15, 0.2) is 5.96 Å². The second-order valence-electron chi connectivity index (χ2n) is 9.20. The van der Waals surface area contributed by atoms with Crippen LogP contribution in [-0.4, -0.2) is 23.2 Å². The maximum atomic E-state index is 11.6. The third kappa shape index (κ3) is 1.61. The Kier molecular flexibility index (Phi) is 2.68. The molecule has 0 aromatic heterocycles. The Labute approximate surface area is 148 Å². The van der Waals surface area contributed by atoms with Crippen LogP contribution in [-0.2, 0) is 6.42 Å². The van der Waals surface area contributed by atoms with E-state index >= 15 is 0 Å². The zero-order valence-electron chi connectivity index (χ0n) is 14.7. The molecule has 5 saturated carbocycles. The highest BCUT2D eigenvalue weighted by molar-refractivity contribution is 5.92. The van der Waals surface area contributed by atoms with Crippen molar-refractivity contribution < 1.29 is 5.11 Å². The molecule has 25 heavy (non-hydrogen) atoms. The van der Waals surface area contributed by atoms with Crippen LogP contribution in [0.5, 0.6) is 0 Å². The summed E-state index contributed by atoms with van der Waals surface area (Å²) in [6, 6.07) is 8.28. The molecule has 6 rings (SSSR count). The van der Waals surface area contributed by atoms with Crippen molar-refractivity contribution in [2.75, 3.05) is 11.9 Å². The van der Waals surface area contributed by atoms with Crippen LogP contribution in [0.25, 0.3) is 0 Å². The van der Waals surface area contributed by atoms with Crippen LogP contribution >= 0.6 is 0 Å². The van der Waals surface area contributed by atoms with Gasteiger partial charge in [0.2, 0.25) is 0 Å². The number of aliphatic hydroxyl groups is 1. The van der Waals surface area contributed by atoms with E-state index in [-0.39, 0.29) is 0 Å². The lowest BCUT2D eigenvalue weighted by molar-refractivity contribution is -0.123. The summed E-state index contributed by atoms with van der Waals surface area (Å²) in [6.07, 6.45) is 3.78. The average Bonchev–Trinajstić information content (AvgIpc) is 3.12. The first-order valence-corrected chi connectivity index (χ1v) is 10.00. The lowest BCUT2D eigenvalue weighted by Gasteiger charge is -2.51. The van der Waals surface area contributed by atoms with Gasteiger partial charge < -0.3 is 16.2 Å². The molecule has 9 unspecified atom stereocenters. The number of anilines is 1. The van der Waals surface area contributed by atoms with Gasteiger partial charge in [0, 0.05) is 5.69 Å². The number of hydrogen-bond donors (Lipinski definition) is 3. The molecule has 0 heterocycles. The van der Waals surface area contributed by atoms with Gasteiger partial charge in [0.25, 0.3) is 0 Å². The van der Waals surface area contributed by atoms with Gasteiger partial charge in [-0.15, -0.1) is 0 Å². The SMILES string of the molecule is CCc1cccc(NC(N)=NCC2(O)C3C4CC5C6C4CC3C6C52)c1. The van der Waals surface area contributed by atoms with Gasteiger partial charge in [-0.25, -0.2) is 0 Å². The van der Waals surface area contributed by atoms with Crippen molar-refractivity contribution in [2.24, 2.45) is 58.1 Å². The van der Waals surface area contributed by atoms with Crippen molar-refractivity contribution in [3.8, 4) is 0 Å². The van der Waals surface area contributed by atoms with Crippen molar-refractivity contribution in [3.05, 3.63) is 29.8 Å². The maximum absolute atomic E-state index is 11.6. The van der Waals surface area contributed by atoms with Gasteiger partial charge in [0.1, 0.15) is 0 Å². The van der Waals surface area contributed by atoms with E-state index in [1.807, 2.05) is 12.1 Å². The van der Waals surface area contributed by atoms with Crippen molar-refractivity contribution >= 4 is 11.6 Å². The first kappa shape index (κ1) is 14.6. The second kappa shape index (κ2) is 4.59. The molecule has 4 N–H and O–H groups in total. The number of rotatable bonds is 4. The largest absolute Gasteiger partial charge is 0.387 e. The number of nitrogens with one attached hydrogen (secondary N) is 1. The van der Waals surface area contributed by atoms with Crippen LogP contribution in [0.3, 0.4) is 0 Å². The fourth-order valence-corrected chi connectivity index (χ4v) is 8.20. The fraction of sp³-hybridized carbons (Fsp3) is 0.667. The molecule has 0 radical (unpaired) electrons. The zero-order valence-corrected chi connectivity index (χ0v) is 14.7. The Hall–Kier alpha value is -1.55. The van der Waals surface area contributed by atoms with E-state index in [1.165, 1.54) is 18.4 Å². The molecule has 1 aromatic carbocycles. The summed E-state index contributed by atoms with van der Waals surface area (Å²) in [5.74, 6) is 6.52. The van der Waals surface area contributed by atoms with Gasteiger partial charge in [-0.05, 0) is 84.3 Å². The summed E-state index contributed by atoms with van der Waals surface area (Å²) in [5, 5.41) is 14.8. The summed E-state index contributed by atoms with van der Waals surface area (Å²) in [5.41, 5.74) is 7.82. The number of aryl methyl sites for hydroxylation is 1. The normalized spacial score (nSPS) is 50.6. The summed E-state index contributed by atoms with van der Waals surface area (Å²) >= 11 is 0. The predicted molar refractivity (Wildman–Crippen MR) is 98.0 cm³/mol. The van der Waals surface area contributed by atoms with Crippen LogP contribution in [0.2, 0.25) is 0 Å². The molecule has 9 atom stereocenters. The van der Waals surface area contributed by atoms with E-state index in [9.17, 15) is 5.11 Å². The Morgan fingerprint density at radius 2 is 2.00 bits per heavy atom. The van der Waals surface area contributed by atoms with Crippen molar-refractivity contribution in [1.29, 1.82) is 0 Å². The minimum atomic E-state index is -0.581. The predicted octanol–water partition coefficient (Wildman–Crippen LogP) is 2.48. The lowest BCUT2D eigenvalue weighted by atomic mass is 9.56. The molecule has 4 heteroatoms. The van der Waals surface area contributed by atoms with Gasteiger partial charge in [-0.1, -0.05) is 19.1 Å². The minimum absolute atomic E-state index is 0.431. The fourth-order valence-electron chi connectivity index (χ4n) is 8.20. The summed E-state index contributed by atoms with van der Waals surface area (Å²) in [4.78, 5) is 4.61. The van der Waals surface area contributed by atoms with Crippen LogP contribution < -0.4 is 11.1 Å². The van der Waals surface area contributed by atoms with E-state index in [1.54, 1.807) is 0 Å². The van der Waals surface area contributed by atoms with Gasteiger partial charge in [-0.2, -0.15) is 0 Å². The van der Waals surface area contributed by atoms with Crippen LogP contribution in [0, 0.1) is 47.3 Å². The highest BCUT2D eigenvalue weighted by Gasteiger charge is 2.84. The molecule has 0 spiro atoms. The van der Waals surface area contributed by atoms with E-state index in [0.29, 0.717) is 24.3 Å². The van der Waals surface area contributed by atoms with E-state index in [4.69, 9.17) is 5.73 Å². The van der Waals surface area contributed by atoms with Crippen molar-refractivity contribution in [3.63, 3.8) is 0 Å². The molecule has 5 aliphatic rings. The molecule has 1 aromatic rings. The molecular formula is C21H27N3O. The molecule has 0 amide bonds. The number of aliphatic imine (C=N–C) groups is 1. The molecular weight excluding hydrogens is 310 g/mol. The first-order chi connectivity index (χ1) is 12.1. The number of guanidine groups is 1. The molecule has 0 saturated heterocycles. The third-order valence-electron chi connectivity index (χ3n) is 8.63. The smallest absolute Gasteiger partial charge is 0.193 e. The quantitative estimate of drug-likeness (QED) is 0.584. The van der Waals surface area contributed by atoms with E-state index in [0.717, 1.165) is 47.6 Å². The Morgan fingerprint density at radius 1 is 1.20 bits per heavy atom. The number of nitrogens with two attached hydrogens (primary N) is 1. The van der Waals surface area contributed by atoms with Crippen LogP contribution in [0.1, 0.15) is 25.3 Å². The lowest BCUT2D eigenvalue weighted by Crippen LogP contribution is -2.56. The molecule has 5 aliphatic carbocycles. The van der Waals surface area contributed by atoms with Crippen molar-refractivity contribution in [1.82, 2.24) is 0 Å². The first-order valence-electron chi connectivity index (χ1n) is 10.00. The summed E-state index contributed by atoms with van der Waals surface area (Å²) in [6.45, 7) is 2.63. The van der Waals surface area contributed by atoms with Gasteiger partial charge in [0.05, 0.1) is 12.1 Å². The van der Waals surface area contributed by atoms with Crippen molar-refractivity contribution in [2.45, 2.75) is 31.8 Å². The highest BCUT2D eigenvalue weighted by Crippen LogP contribution is 2.85. The zero-order chi connectivity index (χ0) is 16.9. The summed E-state index contributed by atoms with van der Waals surface area (Å²) < 4.78 is 0. The number of fused-ring (bicyclic) bond motifs is 2. The highest BCUT2D eigenvalue weighted by atomic mass is 16.3. The Morgan fingerprint density at radius 3 is 2.84 bits per heavy atom. The monoisotopic (exact) mass is 337 g/mol. The third-order valence-corrected chi connectivity index (χ3v) is 8.63. The average molecular weight is 337 g/mol. The number of benzene rings is 1. The Balaban J connectivity index is 1.22. The van der Waals surface area contributed by atoms with E-state index < -0.39 is 5.60 Å². The van der Waals surface area contributed by atoms with Crippen LogP contribution in [0.15, 0.2) is 29.3 Å². The second-order valence-corrected chi connectivity index (χ2v) is 9.20. The minimum Gasteiger partial charge on any atom is -0.387 e. The topological polar surface area (TPSA) is 70.6 Å². The van der Waals surface area contributed by atoms with Crippen LogP contribution in [0.4, 0.5) is 5.69 Å². The summed E-state index contributed by atoms with van der Waals surface area (Å²) in [7, 11) is 0. The maximum Gasteiger partial charge on any atom is 0.193 e. The number of hydrogen-bond acceptors (Lipinski definition) is 2. The molecule has 5 fully saturated rings. The standard InChI is InChI=1S/C21H27N3O/c1-2-10-4-3-5-11(6-10)24-20(22)23-9-21(25)18-13-8-14-16-12(13)7-15(18)17(16)19(14)21/h3-6,12-19,25H,2,7-9H2,1H3,(H3,22,23,24). The molecule has 4 nitrogen and oxygen atoms in total. The molecule has 132 valence electrons.